The van der Waals surface area contributed by atoms with Gasteiger partial charge in [-0.15, -0.1) is 11.3 Å². The SMILES string of the molecule is O=C(c1cc(F)c(F)c(F)c1)c1cc(Br)c(Br)s1. The lowest BCUT2D eigenvalue weighted by atomic mass is 10.1. The van der Waals surface area contributed by atoms with Gasteiger partial charge < -0.3 is 0 Å². The molecule has 0 fully saturated rings. The number of hydrogen-bond donors (Lipinski definition) is 0. The number of carbonyl (C=O) groups is 1. The Bertz CT molecular complexity index is 597. The van der Waals surface area contributed by atoms with Crippen molar-refractivity contribution in [2.45, 2.75) is 0 Å². The van der Waals surface area contributed by atoms with Crippen LogP contribution in [0.5, 0.6) is 0 Å². The first-order valence-corrected chi connectivity index (χ1v) is 6.94. The summed E-state index contributed by atoms with van der Waals surface area (Å²) >= 11 is 7.52. The van der Waals surface area contributed by atoms with E-state index in [1.807, 2.05) is 0 Å². The maximum atomic E-state index is 13.0. The average molecular weight is 400 g/mol. The van der Waals surface area contributed by atoms with E-state index in [4.69, 9.17) is 0 Å². The van der Waals surface area contributed by atoms with E-state index >= 15 is 0 Å². The van der Waals surface area contributed by atoms with Crippen LogP contribution in [0.4, 0.5) is 13.2 Å². The topological polar surface area (TPSA) is 17.1 Å². The van der Waals surface area contributed by atoms with Gasteiger partial charge in [0.25, 0.3) is 0 Å². The molecule has 1 aromatic heterocycles. The summed E-state index contributed by atoms with van der Waals surface area (Å²) in [5.74, 6) is -4.91. The average Bonchev–Trinajstić information content (AvgIpc) is 2.65. The fourth-order valence-electron chi connectivity index (χ4n) is 1.29. The van der Waals surface area contributed by atoms with Crippen LogP contribution in [-0.2, 0) is 0 Å². The minimum absolute atomic E-state index is 0.229. The normalized spacial score (nSPS) is 10.7. The second-order valence-electron chi connectivity index (χ2n) is 3.32. The van der Waals surface area contributed by atoms with Crippen molar-refractivity contribution in [3.8, 4) is 0 Å². The highest BCUT2D eigenvalue weighted by Crippen LogP contribution is 2.33. The van der Waals surface area contributed by atoms with Crippen LogP contribution in [0.2, 0.25) is 0 Å². The van der Waals surface area contributed by atoms with E-state index < -0.39 is 23.2 Å². The van der Waals surface area contributed by atoms with Crippen molar-refractivity contribution in [2.75, 3.05) is 0 Å². The third kappa shape index (κ3) is 2.53. The number of benzene rings is 1. The van der Waals surface area contributed by atoms with Gasteiger partial charge in [0.05, 0.1) is 8.66 Å². The van der Waals surface area contributed by atoms with Gasteiger partial charge in [-0.05, 0) is 50.1 Å². The van der Waals surface area contributed by atoms with E-state index in [9.17, 15) is 18.0 Å². The first kappa shape index (κ1) is 13.8. The van der Waals surface area contributed by atoms with E-state index in [2.05, 4.69) is 31.9 Å². The summed E-state index contributed by atoms with van der Waals surface area (Å²) in [5.41, 5.74) is -0.229. The smallest absolute Gasteiger partial charge is 0.203 e. The molecule has 1 aromatic carbocycles. The molecular weight excluding hydrogens is 397 g/mol. The van der Waals surface area contributed by atoms with Crippen molar-refractivity contribution in [2.24, 2.45) is 0 Å². The van der Waals surface area contributed by atoms with Gasteiger partial charge in [-0.3, -0.25) is 4.79 Å². The van der Waals surface area contributed by atoms with Gasteiger partial charge in [-0.2, -0.15) is 0 Å². The molecule has 0 aliphatic carbocycles. The Morgan fingerprint density at radius 3 is 2.06 bits per heavy atom. The third-order valence-corrected chi connectivity index (χ3v) is 5.37. The Kier molecular flexibility index (Phi) is 3.93. The minimum Gasteiger partial charge on any atom is -0.288 e. The van der Waals surface area contributed by atoms with Gasteiger partial charge in [-0.1, -0.05) is 0 Å². The molecule has 2 rings (SSSR count). The highest BCUT2D eigenvalue weighted by Gasteiger charge is 2.18. The van der Waals surface area contributed by atoms with Crippen LogP contribution in [0, 0.1) is 17.5 Å². The maximum absolute atomic E-state index is 13.0. The summed E-state index contributed by atoms with van der Waals surface area (Å²) in [6, 6.07) is 2.89. The molecule has 0 saturated carbocycles. The second-order valence-corrected chi connectivity index (χ2v) is 6.54. The van der Waals surface area contributed by atoms with Crippen LogP contribution < -0.4 is 0 Å². The predicted molar refractivity (Wildman–Crippen MR) is 69.5 cm³/mol. The van der Waals surface area contributed by atoms with Gasteiger partial charge in [0.15, 0.2) is 17.5 Å². The van der Waals surface area contributed by atoms with Crippen LogP contribution in [-0.4, -0.2) is 5.78 Å². The molecule has 0 bridgehead atoms. The summed E-state index contributed by atoms with van der Waals surface area (Å²) in [6.45, 7) is 0. The van der Waals surface area contributed by atoms with Crippen LogP contribution in [0.1, 0.15) is 15.2 Å². The summed E-state index contributed by atoms with van der Waals surface area (Å²) < 4.78 is 40.2. The number of ketones is 1. The molecule has 0 N–H and O–H groups in total. The standard InChI is InChI=1S/C11H3Br2F3OS/c12-5-3-8(18-11(5)13)10(17)4-1-6(14)9(16)7(15)2-4/h1-3H. The van der Waals surface area contributed by atoms with E-state index in [-0.39, 0.29) is 5.56 Å². The largest absolute Gasteiger partial charge is 0.288 e. The Morgan fingerprint density at radius 2 is 1.61 bits per heavy atom. The Hall–Kier alpha value is -0.660. The van der Waals surface area contributed by atoms with Crippen LogP contribution in [0.3, 0.4) is 0 Å². The quantitative estimate of drug-likeness (QED) is 0.517. The lowest BCUT2D eigenvalue weighted by Crippen LogP contribution is -2.02. The molecule has 7 heteroatoms. The molecule has 0 atom stereocenters. The Balaban J connectivity index is 2.46. The van der Waals surface area contributed by atoms with Gasteiger partial charge in [0, 0.05) is 10.0 Å². The fraction of sp³-hybridized carbons (Fsp3) is 0. The highest BCUT2D eigenvalue weighted by molar-refractivity contribution is 9.13. The second kappa shape index (κ2) is 5.14. The van der Waals surface area contributed by atoms with Crippen molar-refractivity contribution in [1.29, 1.82) is 0 Å². The summed E-state index contributed by atoms with van der Waals surface area (Å²) in [7, 11) is 0. The number of halogens is 5. The third-order valence-electron chi connectivity index (χ3n) is 2.11. The lowest BCUT2D eigenvalue weighted by Gasteiger charge is -2.00. The van der Waals surface area contributed by atoms with Crippen molar-refractivity contribution in [3.05, 3.63) is 54.4 Å². The first-order valence-electron chi connectivity index (χ1n) is 4.54. The first-order chi connectivity index (χ1) is 8.40. The van der Waals surface area contributed by atoms with Crippen molar-refractivity contribution < 1.29 is 18.0 Å². The molecule has 0 unspecified atom stereocenters. The molecule has 0 spiro atoms. The molecule has 0 radical (unpaired) electrons. The van der Waals surface area contributed by atoms with E-state index in [0.717, 1.165) is 11.3 Å². The Morgan fingerprint density at radius 1 is 1.06 bits per heavy atom. The molecule has 0 amide bonds. The van der Waals surface area contributed by atoms with Gasteiger partial charge >= 0.3 is 0 Å². The number of rotatable bonds is 2. The fourth-order valence-corrected chi connectivity index (χ4v) is 3.29. The molecular formula is C11H3Br2F3OS. The zero-order valence-electron chi connectivity index (χ0n) is 8.44. The van der Waals surface area contributed by atoms with E-state index in [1.54, 1.807) is 0 Å². The van der Waals surface area contributed by atoms with E-state index in [1.165, 1.54) is 6.07 Å². The molecule has 0 aliphatic heterocycles. The number of hydrogen-bond acceptors (Lipinski definition) is 2. The van der Waals surface area contributed by atoms with Crippen molar-refractivity contribution in [3.63, 3.8) is 0 Å². The minimum atomic E-state index is -1.58. The molecule has 1 nitrogen and oxygen atoms in total. The zero-order valence-corrected chi connectivity index (χ0v) is 12.4. The van der Waals surface area contributed by atoms with Crippen LogP contribution in [0.25, 0.3) is 0 Å². The van der Waals surface area contributed by atoms with Crippen LogP contribution >= 0.6 is 43.2 Å². The van der Waals surface area contributed by atoms with Gasteiger partial charge in [0.1, 0.15) is 0 Å². The summed E-state index contributed by atoms with van der Waals surface area (Å²) in [5, 5.41) is 0. The van der Waals surface area contributed by atoms with E-state index in [0.29, 0.717) is 25.3 Å². The Labute approximate surface area is 121 Å². The van der Waals surface area contributed by atoms with Crippen molar-refractivity contribution in [1.82, 2.24) is 0 Å². The number of carbonyl (C=O) groups excluding carboxylic acids is 1. The lowest BCUT2D eigenvalue weighted by molar-refractivity contribution is 0.104. The summed E-state index contributed by atoms with van der Waals surface area (Å²) in [4.78, 5) is 12.2. The molecule has 2 aromatic rings. The highest BCUT2D eigenvalue weighted by atomic mass is 79.9. The zero-order chi connectivity index (χ0) is 13.4. The van der Waals surface area contributed by atoms with Gasteiger partial charge in [0.2, 0.25) is 5.78 Å². The molecule has 94 valence electrons. The summed E-state index contributed by atoms with van der Waals surface area (Å²) in [6.07, 6.45) is 0. The monoisotopic (exact) mass is 398 g/mol. The molecule has 0 saturated heterocycles. The number of thiophene rings is 1. The predicted octanol–water partition coefficient (Wildman–Crippen LogP) is 4.92. The van der Waals surface area contributed by atoms with Gasteiger partial charge in [-0.25, -0.2) is 13.2 Å². The van der Waals surface area contributed by atoms with Crippen molar-refractivity contribution >= 4 is 49.0 Å². The maximum Gasteiger partial charge on any atom is 0.203 e. The molecule has 18 heavy (non-hydrogen) atoms. The molecule has 0 aliphatic rings. The van der Waals surface area contributed by atoms with Crippen LogP contribution in [0.15, 0.2) is 26.5 Å². The molecule has 1 heterocycles.